The molecule has 0 radical (unpaired) electrons. The fourth-order valence-electron chi connectivity index (χ4n) is 2.80. The van der Waals surface area contributed by atoms with Gasteiger partial charge in [0.15, 0.2) is 0 Å². The minimum atomic E-state index is -0.634. The van der Waals surface area contributed by atoms with Crippen molar-refractivity contribution >= 4 is 35.4 Å². The molecule has 0 bridgehead atoms. The van der Waals surface area contributed by atoms with Gasteiger partial charge in [-0.3, -0.25) is 10.1 Å². The first-order valence-electron chi connectivity index (χ1n) is 10.7. The summed E-state index contributed by atoms with van der Waals surface area (Å²) in [6, 6.07) is 14.2. The summed E-state index contributed by atoms with van der Waals surface area (Å²) in [6.45, 7) is 10.7. The van der Waals surface area contributed by atoms with Crippen LogP contribution < -0.4 is 10.6 Å². The topological polar surface area (TPSA) is 93.7 Å². The lowest BCUT2D eigenvalue weighted by Gasteiger charge is -2.20. The highest BCUT2D eigenvalue weighted by atomic mass is 16.6. The van der Waals surface area contributed by atoms with Gasteiger partial charge in [0.05, 0.1) is 17.8 Å². The van der Waals surface area contributed by atoms with Crippen molar-refractivity contribution in [2.45, 2.75) is 59.2 Å². The van der Waals surface area contributed by atoms with Gasteiger partial charge in [-0.15, -0.1) is 0 Å². The number of anilines is 2. The Balaban J connectivity index is 2.02. The lowest BCUT2D eigenvalue weighted by Crippen LogP contribution is -2.27. The third kappa shape index (κ3) is 10.0. The number of para-hydroxylation sites is 2. The van der Waals surface area contributed by atoms with Crippen LogP contribution in [0.2, 0.25) is 0 Å². The molecule has 33 heavy (non-hydrogen) atoms. The molecule has 7 nitrogen and oxygen atoms in total. The highest BCUT2D eigenvalue weighted by Gasteiger charge is 2.18. The van der Waals surface area contributed by atoms with E-state index in [1.807, 2.05) is 24.3 Å². The molecular formula is C26H32N2O5. The number of nitrogens with one attached hydrogen (secondary N) is 2. The zero-order chi connectivity index (χ0) is 24.6. The Morgan fingerprint density at radius 3 is 2.03 bits per heavy atom. The van der Waals surface area contributed by atoms with Crippen LogP contribution in [0, 0.1) is 0 Å². The van der Waals surface area contributed by atoms with Gasteiger partial charge in [0.2, 0.25) is 5.91 Å². The lowest BCUT2D eigenvalue weighted by atomic mass is 10.1. The highest BCUT2D eigenvalue weighted by Crippen LogP contribution is 2.22. The molecule has 176 valence electrons. The number of rotatable bonds is 6. The van der Waals surface area contributed by atoms with E-state index in [0.717, 1.165) is 11.1 Å². The molecular weight excluding hydrogens is 420 g/mol. The van der Waals surface area contributed by atoms with Gasteiger partial charge in [-0.2, -0.15) is 0 Å². The van der Waals surface area contributed by atoms with Crippen molar-refractivity contribution in [3.05, 3.63) is 65.7 Å². The fraction of sp³-hybridized carbons (Fsp3) is 0.346. The van der Waals surface area contributed by atoms with Crippen molar-refractivity contribution in [3.63, 3.8) is 0 Å². The second kappa shape index (κ2) is 10.8. The molecule has 0 aliphatic rings. The van der Waals surface area contributed by atoms with E-state index in [4.69, 9.17) is 9.47 Å². The second-order valence-electron chi connectivity index (χ2n) is 9.51. The summed E-state index contributed by atoms with van der Waals surface area (Å²) in [5.74, 6) is -0.679. The summed E-state index contributed by atoms with van der Waals surface area (Å²) in [5, 5.41) is 5.48. The Morgan fingerprint density at radius 1 is 0.818 bits per heavy atom. The zero-order valence-corrected chi connectivity index (χ0v) is 20.0. The van der Waals surface area contributed by atoms with E-state index in [1.165, 1.54) is 6.08 Å². The van der Waals surface area contributed by atoms with E-state index < -0.39 is 23.3 Å². The smallest absolute Gasteiger partial charge is 0.412 e. The van der Waals surface area contributed by atoms with Crippen molar-refractivity contribution < 1.29 is 23.9 Å². The molecule has 2 rings (SSSR count). The fourth-order valence-corrected chi connectivity index (χ4v) is 2.80. The van der Waals surface area contributed by atoms with Crippen LogP contribution in [0.1, 0.15) is 52.7 Å². The van der Waals surface area contributed by atoms with Crippen LogP contribution in [0.5, 0.6) is 0 Å². The van der Waals surface area contributed by atoms with E-state index in [2.05, 4.69) is 10.6 Å². The average Bonchev–Trinajstić information content (AvgIpc) is 2.65. The summed E-state index contributed by atoms with van der Waals surface area (Å²) in [6.07, 6.45) is 2.53. The van der Waals surface area contributed by atoms with E-state index >= 15 is 0 Å². The first kappa shape index (κ1) is 25.6. The van der Waals surface area contributed by atoms with Crippen molar-refractivity contribution in [2.75, 3.05) is 10.6 Å². The van der Waals surface area contributed by atoms with Gasteiger partial charge < -0.3 is 14.8 Å². The third-order valence-corrected chi connectivity index (χ3v) is 3.97. The molecule has 2 amide bonds. The number of hydrogen-bond acceptors (Lipinski definition) is 5. The molecule has 0 spiro atoms. The first-order valence-corrected chi connectivity index (χ1v) is 10.7. The SMILES string of the molecule is CC(C)(C)OC(=O)/C=C/c1cccc(CC(=O)Nc2ccccc2NC(=O)OC(C)(C)C)c1. The average molecular weight is 453 g/mol. The van der Waals surface area contributed by atoms with Crippen LogP contribution in [0.4, 0.5) is 16.2 Å². The summed E-state index contributed by atoms with van der Waals surface area (Å²) < 4.78 is 10.5. The van der Waals surface area contributed by atoms with Crippen molar-refractivity contribution in [2.24, 2.45) is 0 Å². The van der Waals surface area contributed by atoms with Crippen LogP contribution in [-0.4, -0.2) is 29.2 Å². The minimum absolute atomic E-state index is 0.120. The normalized spacial score (nSPS) is 11.7. The minimum Gasteiger partial charge on any atom is -0.457 e. The van der Waals surface area contributed by atoms with Gasteiger partial charge in [-0.1, -0.05) is 36.4 Å². The van der Waals surface area contributed by atoms with Crippen LogP contribution in [-0.2, 0) is 25.5 Å². The molecule has 2 aromatic rings. The predicted octanol–water partition coefficient (Wildman–Crippen LogP) is 5.57. The number of amides is 2. The largest absolute Gasteiger partial charge is 0.457 e. The lowest BCUT2D eigenvalue weighted by molar-refractivity contribution is -0.148. The summed E-state index contributed by atoms with van der Waals surface area (Å²) >= 11 is 0. The molecule has 0 aliphatic carbocycles. The van der Waals surface area contributed by atoms with Gasteiger partial charge in [0.25, 0.3) is 0 Å². The molecule has 0 fully saturated rings. The van der Waals surface area contributed by atoms with Crippen LogP contribution in [0.3, 0.4) is 0 Å². The van der Waals surface area contributed by atoms with E-state index in [-0.39, 0.29) is 12.3 Å². The van der Waals surface area contributed by atoms with Gasteiger partial charge in [-0.25, -0.2) is 9.59 Å². The Hall–Kier alpha value is -3.61. The van der Waals surface area contributed by atoms with E-state index in [9.17, 15) is 14.4 Å². The second-order valence-corrected chi connectivity index (χ2v) is 9.51. The molecule has 7 heteroatoms. The highest BCUT2D eigenvalue weighted by molar-refractivity contribution is 5.98. The standard InChI is InChI=1S/C26H32N2O5/c1-25(2,3)32-23(30)15-14-18-10-9-11-19(16-18)17-22(29)27-20-12-7-8-13-21(20)28-24(31)33-26(4,5)6/h7-16H,17H2,1-6H3,(H,27,29)(H,28,31)/b15-14+. The Labute approximate surface area is 195 Å². The molecule has 2 aromatic carbocycles. The maximum Gasteiger partial charge on any atom is 0.412 e. The molecule has 0 aliphatic heterocycles. The summed E-state index contributed by atoms with van der Waals surface area (Å²) in [7, 11) is 0. The predicted molar refractivity (Wildman–Crippen MR) is 130 cm³/mol. The Bertz CT molecular complexity index is 1030. The maximum absolute atomic E-state index is 12.6. The van der Waals surface area contributed by atoms with E-state index in [0.29, 0.717) is 11.4 Å². The van der Waals surface area contributed by atoms with Crippen LogP contribution in [0.25, 0.3) is 6.08 Å². The van der Waals surface area contributed by atoms with Gasteiger partial charge in [0, 0.05) is 6.08 Å². The molecule has 0 heterocycles. The maximum atomic E-state index is 12.6. The zero-order valence-electron chi connectivity index (χ0n) is 20.0. The Morgan fingerprint density at radius 2 is 1.42 bits per heavy atom. The number of hydrogen-bond donors (Lipinski definition) is 2. The quantitative estimate of drug-likeness (QED) is 0.441. The van der Waals surface area contributed by atoms with Gasteiger partial charge in [-0.05, 0) is 70.9 Å². The number of ether oxygens (including phenoxy) is 2. The molecule has 0 saturated heterocycles. The number of carbonyl (C=O) groups is 3. The molecule has 2 N–H and O–H groups in total. The molecule has 0 atom stereocenters. The number of esters is 1. The van der Waals surface area contributed by atoms with Crippen molar-refractivity contribution in [3.8, 4) is 0 Å². The van der Waals surface area contributed by atoms with Crippen LogP contribution >= 0.6 is 0 Å². The molecule has 0 unspecified atom stereocenters. The van der Waals surface area contributed by atoms with Gasteiger partial charge in [0.1, 0.15) is 11.2 Å². The van der Waals surface area contributed by atoms with Gasteiger partial charge >= 0.3 is 12.1 Å². The third-order valence-electron chi connectivity index (χ3n) is 3.97. The summed E-state index contributed by atoms with van der Waals surface area (Å²) in [5.41, 5.74) is 1.26. The Kier molecular flexibility index (Phi) is 8.40. The first-order chi connectivity index (χ1) is 15.3. The van der Waals surface area contributed by atoms with Crippen molar-refractivity contribution in [1.82, 2.24) is 0 Å². The number of benzene rings is 2. The van der Waals surface area contributed by atoms with Crippen molar-refractivity contribution in [1.29, 1.82) is 0 Å². The molecule has 0 aromatic heterocycles. The molecule has 0 saturated carbocycles. The number of carbonyl (C=O) groups excluding carboxylic acids is 3. The monoisotopic (exact) mass is 452 g/mol. The van der Waals surface area contributed by atoms with Crippen LogP contribution in [0.15, 0.2) is 54.6 Å². The van der Waals surface area contributed by atoms with E-state index in [1.54, 1.807) is 71.9 Å². The summed E-state index contributed by atoms with van der Waals surface area (Å²) in [4.78, 5) is 36.6.